The van der Waals surface area contributed by atoms with Gasteiger partial charge in [0.15, 0.2) is 0 Å². The lowest BCUT2D eigenvalue weighted by molar-refractivity contribution is -0.132. The molecule has 132 valence electrons. The predicted octanol–water partition coefficient (Wildman–Crippen LogP) is 0.613. The second-order valence-electron chi connectivity index (χ2n) is 6.30. The quantitative estimate of drug-likeness (QED) is 0.592. The number of aromatic nitrogens is 2. The first-order valence-electron chi connectivity index (χ1n) is 8.07. The first-order valence-corrected chi connectivity index (χ1v) is 8.07. The molecule has 1 aliphatic heterocycles. The molecule has 1 unspecified atom stereocenters. The number of rotatable bonds is 5. The molecule has 1 fully saturated rings. The van der Waals surface area contributed by atoms with Crippen molar-refractivity contribution in [1.82, 2.24) is 14.9 Å². The van der Waals surface area contributed by atoms with Crippen LogP contribution in [-0.2, 0) is 4.79 Å². The summed E-state index contributed by atoms with van der Waals surface area (Å²) >= 11 is 0. The number of anilines is 1. The van der Waals surface area contributed by atoms with E-state index in [1.54, 1.807) is 17.2 Å². The molecule has 1 aliphatic rings. The molecular formula is C17H21N5O3. The number of amides is 2. The van der Waals surface area contributed by atoms with E-state index in [0.29, 0.717) is 30.7 Å². The van der Waals surface area contributed by atoms with Crippen molar-refractivity contribution in [1.29, 1.82) is 0 Å². The van der Waals surface area contributed by atoms with E-state index < -0.39 is 11.5 Å². The average molecular weight is 343 g/mol. The number of hydrogen-bond donors (Lipinski definition) is 4. The van der Waals surface area contributed by atoms with Crippen molar-refractivity contribution < 1.29 is 14.7 Å². The van der Waals surface area contributed by atoms with Gasteiger partial charge in [-0.05, 0) is 25.0 Å². The normalized spacial score (nSPS) is 20.4. The van der Waals surface area contributed by atoms with Gasteiger partial charge >= 0.3 is 0 Å². The van der Waals surface area contributed by atoms with Gasteiger partial charge in [-0.2, -0.15) is 0 Å². The van der Waals surface area contributed by atoms with E-state index in [2.05, 4.69) is 21.9 Å². The van der Waals surface area contributed by atoms with Gasteiger partial charge < -0.3 is 26.0 Å². The van der Waals surface area contributed by atoms with Crippen molar-refractivity contribution in [3.63, 3.8) is 0 Å². The topological polar surface area (TPSA) is 124 Å². The Balaban J connectivity index is 1.83. The number of fused-ring (bicyclic) bond motifs is 1. The summed E-state index contributed by atoms with van der Waals surface area (Å²) in [7, 11) is 0. The lowest BCUT2D eigenvalue weighted by atomic mass is 9.92. The SMILES string of the molecule is C=CC(=O)N1CCCC(O)(CNc2c(C(N)=O)cnc3[nH]ccc23)C1. The molecule has 25 heavy (non-hydrogen) atoms. The largest absolute Gasteiger partial charge is 0.386 e. The van der Waals surface area contributed by atoms with Gasteiger partial charge in [-0.15, -0.1) is 0 Å². The number of H-pyrrole nitrogens is 1. The Morgan fingerprint density at radius 3 is 3.08 bits per heavy atom. The van der Waals surface area contributed by atoms with Crippen LogP contribution in [0, 0.1) is 0 Å². The minimum absolute atomic E-state index is 0.179. The molecule has 1 atom stereocenters. The van der Waals surface area contributed by atoms with Crippen molar-refractivity contribution in [2.24, 2.45) is 5.73 Å². The van der Waals surface area contributed by atoms with Crippen LogP contribution < -0.4 is 11.1 Å². The molecule has 3 heterocycles. The summed E-state index contributed by atoms with van der Waals surface area (Å²) < 4.78 is 0. The maximum Gasteiger partial charge on any atom is 0.252 e. The monoisotopic (exact) mass is 343 g/mol. The standard InChI is InChI=1S/C17H21N5O3/c1-2-13(23)22-7-3-5-17(25,10-22)9-21-14-11-4-6-19-16(11)20-8-12(14)15(18)24/h2,4,6,8,25H,1,3,5,7,9-10H2,(H2,18,24)(H2,19,20,21). The lowest BCUT2D eigenvalue weighted by Crippen LogP contribution is -2.53. The number of piperidine rings is 1. The van der Waals surface area contributed by atoms with Crippen LogP contribution in [0.15, 0.2) is 31.1 Å². The number of nitrogens with zero attached hydrogens (tertiary/aromatic N) is 2. The van der Waals surface area contributed by atoms with Crippen LogP contribution in [0.4, 0.5) is 5.69 Å². The van der Waals surface area contributed by atoms with Gasteiger partial charge in [0.25, 0.3) is 5.91 Å². The van der Waals surface area contributed by atoms with Crippen molar-refractivity contribution >= 4 is 28.5 Å². The molecule has 2 aromatic rings. The van der Waals surface area contributed by atoms with Crippen LogP contribution in [0.25, 0.3) is 11.0 Å². The van der Waals surface area contributed by atoms with Crippen molar-refractivity contribution in [2.45, 2.75) is 18.4 Å². The minimum atomic E-state index is -1.10. The highest BCUT2D eigenvalue weighted by molar-refractivity contribution is 6.05. The second kappa shape index (κ2) is 6.56. The molecule has 3 rings (SSSR count). The van der Waals surface area contributed by atoms with Crippen LogP contribution in [0.2, 0.25) is 0 Å². The molecule has 0 radical (unpaired) electrons. The van der Waals surface area contributed by atoms with Crippen LogP contribution >= 0.6 is 0 Å². The number of hydrogen-bond acceptors (Lipinski definition) is 5. The molecule has 0 spiro atoms. The molecule has 0 aromatic carbocycles. The molecule has 2 aromatic heterocycles. The lowest BCUT2D eigenvalue weighted by Gasteiger charge is -2.39. The Bertz CT molecular complexity index is 831. The van der Waals surface area contributed by atoms with Crippen molar-refractivity contribution in [3.05, 3.63) is 36.7 Å². The fraction of sp³-hybridized carbons (Fsp3) is 0.353. The van der Waals surface area contributed by atoms with E-state index in [-0.39, 0.29) is 24.6 Å². The number of nitrogens with two attached hydrogens (primary N) is 1. The van der Waals surface area contributed by atoms with E-state index in [0.717, 1.165) is 5.39 Å². The highest BCUT2D eigenvalue weighted by Gasteiger charge is 2.34. The number of nitrogens with one attached hydrogen (secondary N) is 2. The highest BCUT2D eigenvalue weighted by Crippen LogP contribution is 2.28. The summed E-state index contributed by atoms with van der Waals surface area (Å²) in [5.74, 6) is -0.801. The molecule has 2 amide bonds. The van der Waals surface area contributed by atoms with Gasteiger partial charge in [-0.25, -0.2) is 4.98 Å². The maximum absolute atomic E-state index is 11.8. The second-order valence-corrected chi connectivity index (χ2v) is 6.30. The summed E-state index contributed by atoms with van der Waals surface area (Å²) in [6.45, 7) is 4.47. The summed E-state index contributed by atoms with van der Waals surface area (Å²) in [5.41, 5.74) is 5.74. The molecule has 0 bridgehead atoms. The first kappa shape index (κ1) is 17.0. The summed E-state index contributed by atoms with van der Waals surface area (Å²) in [6, 6.07) is 1.79. The fourth-order valence-corrected chi connectivity index (χ4v) is 3.21. The number of carbonyl (C=O) groups excluding carboxylic acids is 2. The Hall–Kier alpha value is -2.87. The van der Waals surface area contributed by atoms with Crippen molar-refractivity contribution in [3.8, 4) is 0 Å². The van der Waals surface area contributed by atoms with E-state index >= 15 is 0 Å². The van der Waals surface area contributed by atoms with Crippen LogP contribution in [-0.4, -0.2) is 57.0 Å². The minimum Gasteiger partial charge on any atom is -0.386 e. The molecular weight excluding hydrogens is 322 g/mol. The zero-order valence-corrected chi connectivity index (χ0v) is 13.8. The fourth-order valence-electron chi connectivity index (χ4n) is 3.21. The molecule has 1 saturated heterocycles. The van der Waals surface area contributed by atoms with Crippen LogP contribution in [0.3, 0.4) is 0 Å². The van der Waals surface area contributed by atoms with E-state index in [9.17, 15) is 14.7 Å². The molecule has 8 heteroatoms. The zero-order chi connectivity index (χ0) is 18.0. The molecule has 5 N–H and O–H groups in total. The van der Waals surface area contributed by atoms with E-state index in [1.807, 2.05) is 0 Å². The molecule has 8 nitrogen and oxygen atoms in total. The van der Waals surface area contributed by atoms with Crippen molar-refractivity contribution in [2.75, 3.05) is 25.0 Å². The molecule has 0 saturated carbocycles. The third-order valence-corrected chi connectivity index (χ3v) is 4.49. The smallest absolute Gasteiger partial charge is 0.252 e. The Labute approximate surface area is 144 Å². The van der Waals surface area contributed by atoms with E-state index in [1.165, 1.54) is 12.3 Å². The van der Waals surface area contributed by atoms with Gasteiger partial charge in [0.1, 0.15) is 5.65 Å². The Kier molecular flexibility index (Phi) is 4.45. The van der Waals surface area contributed by atoms with Crippen LogP contribution in [0.5, 0.6) is 0 Å². The van der Waals surface area contributed by atoms with Gasteiger partial charge in [0.2, 0.25) is 5.91 Å². The predicted molar refractivity (Wildman–Crippen MR) is 94.1 cm³/mol. The summed E-state index contributed by atoms with van der Waals surface area (Å²) in [6.07, 6.45) is 5.61. The third-order valence-electron chi connectivity index (χ3n) is 4.49. The Morgan fingerprint density at radius 2 is 2.36 bits per heavy atom. The maximum atomic E-state index is 11.8. The summed E-state index contributed by atoms with van der Waals surface area (Å²) in [5, 5.41) is 14.7. The number of pyridine rings is 1. The molecule has 0 aliphatic carbocycles. The number of aromatic amines is 1. The third kappa shape index (κ3) is 3.34. The van der Waals surface area contributed by atoms with Gasteiger partial charge in [-0.1, -0.05) is 6.58 Å². The number of primary amides is 1. The van der Waals surface area contributed by atoms with Gasteiger partial charge in [0, 0.05) is 30.9 Å². The van der Waals surface area contributed by atoms with Gasteiger partial charge in [0.05, 0.1) is 23.4 Å². The number of β-amino-alcohol motifs (C(OH)–C–C–N with tert-alkyl or cyclic N) is 1. The first-order chi connectivity index (χ1) is 11.9. The number of aliphatic hydroxyl groups is 1. The number of likely N-dealkylation sites (tertiary alicyclic amines) is 1. The summed E-state index contributed by atoms with van der Waals surface area (Å²) in [4.78, 5) is 32.2. The van der Waals surface area contributed by atoms with E-state index in [4.69, 9.17) is 5.73 Å². The Morgan fingerprint density at radius 1 is 1.56 bits per heavy atom. The highest BCUT2D eigenvalue weighted by atomic mass is 16.3. The van der Waals surface area contributed by atoms with Gasteiger partial charge in [-0.3, -0.25) is 9.59 Å². The zero-order valence-electron chi connectivity index (χ0n) is 13.8. The average Bonchev–Trinajstić information content (AvgIpc) is 3.07. The number of carbonyl (C=O) groups is 2. The van der Waals surface area contributed by atoms with Crippen LogP contribution in [0.1, 0.15) is 23.2 Å².